The lowest BCUT2D eigenvalue weighted by atomic mass is 10.2. The van der Waals surface area contributed by atoms with E-state index in [-0.39, 0.29) is 18.1 Å². The molecule has 0 radical (unpaired) electrons. The van der Waals surface area contributed by atoms with Gasteiger partial charge in [0.2, 0.25) is 5.91 Å². The van der Waals surface area contributed by atoms with E-state index in [2.05, 4.69) is 10.1 Å². The van der Waals surface area contributed by atoms with Gasteiger partial charge in [0.25, 0.3) is 0 Å². The zero-order chi connectivity index (χ0) is 14.3. The Morgan fingerprint density at radius 2 is 1.95 bits per heavy atom. The molecule has 5 nitrogen and oxygen atoms in total. The maximum absolute atomic E-state index is 12.0. The van der Waals surface area contributed by atoms with E-state index in [4.69, 9.17) is 0 Å². The number of carbonyl (C=O) groups is 2. The highest BCUT2D eigenvalue weighted by molar-refractivity contribution is 7.85. The first kappa shape index (κ1) is 15.4. The molecule has 1 rings (SSSR count). The van der Waals surface area contributed by atoms with Gasteiger partial charge in [-0.3, -0.25) is 9.00 Å². The third-order valence-corrected chi connectivity index (χ3v) is 3.87. The highest BCUT2D eigenvalue weighted by Crippen LogP contribution is 2.08. The quantitative estimate of drug-likeness (QED) is 0.786. The molecule has 1 N–H and O–H groups in total. The molecule has 0 aliphatic carbocycles. The van der Waals surface area contributed by atoms with Crippen LogP contribution in [0.1, 0.15) is 13.3 Å². The van der Waals surface area contributed by atoms with Crippen molar-refractivity contribution in [1.82, 2.24) is 5.32 Å². The van der Waals surface area contributed by atoms with Gasteiger partial charge in [0.1, 0.15) is 6.04 Å². The Labute approximate surface area is 114 Å². The molecular weight excluding hydrogens is 266 g/mol. The van der Waals surface area contributed by atoms with Crippen LogP contribution in [-0.4, -0.2) is 35.0 Å². The number of ether oxygens (including phenoxy) is 1. The maximum Gasteiger partial charge on any atom is 0.328 e. The molecule has 0 aliphatic rings. The van der Waals surface area contributed by atoms with Crippen molar-refractivity contribution in [1.29, 1.82) is 0 Å². The number of methoxy groups -OCH3 is 1. The van der Waals surface area contributed by atoms with Crippen LogP contribution >= 0.6 is 0 Å². The van der Waals surface area contributed by atoms with Crippen LogP contribution in [0.4, 0.5) is 0 Å². The zero-order valence-corrected chi connectivity index (χ0v) is 11.7. The number of esters is 1. The monoisotopic (exact) mass is 283 g/mol. The van der Waals surface area contributed by atoms with E-state index in [0.717, 1.165) is 0 Å². The predicted octanol–water partition coefficient (Wildman–Crippen LogP) is 0.862. The average Bonchev–Trinajstić information content (AvgIpc) is 2.42. The Bertz CT molecular complexity index is 461. The van der Waals surface area contributed by atoms with Crippen LogP contribution in [0.2, 0.25) is 0 Å². The minimum Gasteiger partial charge on any atom is -0.467 e. The normalized spacial score (nSPS) is 13.4. The number of carbonyl (C=O) groups excluding carboxylic acids is 2. The molecule has 1 aromatic carbocycles. The molecule has 1 amide bonds. The predicted molar refractivity (Wildman–Crippen MR) is 72.0 cm³/mol. The molecule has 0 aliphatic heterocycles. The largest absolute Gasteiger partial charge is 0.467 e. The van der Waals surface area contributed by atoms with Crippen molar-refractivity contribution in [3.05, 3.63) is 30.3 Å². The fourth-order valence-electron chi connectivity index (χ4n) is 1.55. The molecule has 19 heavy (non-hydrogen) atoms. The first-order chi connectivity index (χ1) is 9.04. The Morgan fingerprint density at radius 3 is 2.47 bits per heavy atom. The molecule has 0 bridgehead atoms. The van der Waals surface area contributed by atoms with E-state index in [9.17, 15) is 13.8 Å². The van der Waals surface area contributed by atoms with Crippen LogP contribution in [0.5, 0.6) is 0 Å². The molecular formula is C13H17NO4S. The molecule has 1 aromatic rings. The summed E-state index contributed by atoms with van der Waals surface area (Å²) in [6.45, 7) is 1.32. The Morgan fingerprint density at radius 1 is 1.32 bits per heavy atom. The fraction of sp³-hybridized carbons (Fsp3) is 0.385. The van der Waals surface area contributed by atoms with Crippen molar-refractivity contribution in [2.24, 2.45) is 0 Å². The second-order valence-corrected chi connectivity index (χ2v) is 5.50. The van der Waals surface area contributed by atoms with E-state index < -0.39 is 22.8 Å². The maximum atomic E-state index is 12.0. The van der Waals surface area contributed by atoms with Crippen molar-refractivity contribution in [2.75, 3.05) is 12.9 Å². The van der Waals surface area contributed by atoms with Gasteiger partial charge >= 0.3 is 5.97 Å². The lowest BCUT2D eigenvalue weighted by Gasteiger charge is -2.14. The summed E-state index contributed by atoms with van der Waals surface area (Å²) in [5.41, 5.74) is 0. The molecule has 0 saturated carbocycles. The van der Waals surface area contributed by atoms with Gasteiger partial charge in [-0.05, 0) is 18.6 Å². The SMILES string of the molecule is COC(=O)[C@@H](CC[S@@](=O)c1ccccc1)NC(C)=O. The second-order valence-electron chi connectivity index (χ2n) is 3.93. The lowest BCUT2D eigenvalue weighted by molar-refractivity contribution is -0.144. The van der Waals surface area contributed by atoms with Crippen LogP contribution in [0.3, 0.4) is 0 Å². The first-order valence-corrected chi connectivity index (χ1v) is 7.15. The molecule has 104 valence electrons. The Kier molecular flexibility index (Phi) is 6.21. The smallest absolute Gasteiger partial charge is 0.328 e. The minimum atomic E-state index is -1.20. The summed E-state index contributed by atoms with van der Waals surface area (Å²) in [4.78, 5) is 23.2. The summed E-state index contributed by atoms with van der Waals surface area (Å²) in [5, 5.41) is 2.49. The molecule has 0 heterocycles. The summed E-state index contributed by atoms with van der Waals surface area (Å²) in [7, 11) is 0.0588. The van der Waals surface area contributed by atoms with Crippen LogP contribution in [0, 0.1) is 0 Å². The summed E-state index contributed by atoms with van der Waals surface area (Å²) < 4.78 is 16.6. The van der Waals surface area contributed by atoms with Gasteiger partial charge in [-0.25, -0.2) is 4.79 Å². The third-order valence-electron chi connectivity index (χ3n) is 2.46. The first-order valence-electron chi connectivity index (χ1n) is 5.83. The van der Waals surface area contributed by atoms with Crippen molar-refractivity contribution in [3.63, 3.8) is 0 Å². The van der Waals surface area contributed by atoms with Gasteiger partial charge in [-0.2, -0.15) is 0 Å². The van der Waals surface area contributed by atoms with Gasteiger partial charge in [0.15, 0.2) is 0 Å². The van der Waals surface area contributed by atoms with Crippen molar-refractivity contribution in [2.45, 2.75) is 24.3 Å². The lowest BCUT2D eigenvalue weighted by Crippen LogP contribution is -2.41. The molecule has 0 fully saturated rings. The van der Waals surface area contributed by atoms with Crippen LogP contribution < -0.4 is 5.32 Å². The zero-order valence-electron chi connectivity index (χ0n) is 10.9. The number of nitrogens with one attached hydrogen (secondary N) is 1. The standard InChI is InChI=1S/C13H17NO4S/c1-10(15)14-12(13(16)18-2)8-9-19(17)11-6-4-3-5-7-11/h3-7,12H,8-9H2,1-2H3,(H,14,15)/t12-,19-/m1/s1. The third kappa shape index (κ3) is 5.21. The summed E-state index contributed by atoms with van der Waals surface area (Å²) in [6, 6.07) is 8.23. The summed E-state index contributed by atoms with van der Waals surface area (Å²) in [6.07, 6.45) is 0.272. The summed E-state index contributed by atoms with van der Waals surface area (Å²) in [5.74, 6) is -0.564. The average molecular weight is 283 g/mol. The number of hydrogen-bond donors (Lipinski definition) is 1. The van der Waals surface area contributed by atoms with Gasteiger partial charge in [-0.15, -0.1) is 0 Å². The molecule has 0 unspecified atom stereocenters. The van der Waals surface area contributed by atoms with Gasteiger partial charge in [0, 0.05) is 17.6 Å². The number of hydrogen-bond acceptors (Lipinski definition) is 4. The number of benzene rings is 1. The van der Waals surface area contributed by atoms with Gasteiger partial charge < -0.3 is 10.1 Å². The van der Waals surface area contributed by atoms with E-state index in [1.807, 2.05) is 6.07 Å². The molecule has 6 heteroatoms. The van der Waals surface area contributed by atoms with E-state index in [1.165, 1.54) is 14.0 Å². The second kappa shape index (κ2) is 7.68. The summed E-state index contributed by atoms with van der Waals surface area (Å²) >= 11 is 0. The Balaban J connectivity index is 2.59. The van der Waals surface area contributed by atoms with Crippen molar-refractivity contribution < 1.29 is 18.5 Å². The highest BCUT2D eigenvalue weighted by Gasteiger charge is 2.20. The Hall–Kier alpha value is -1.69. The van der Waals surface area contributed by atoms with E-state index in [1.54, 1.807) is 24.3 Å². The molecule has 0 aromatic heterocycles. The van der Waals surface area contributed by atoms with Crippen LogP contribution in [0.15, 0.2) is 35.2 Å². The van der Waals surface area contributed by atoms with Crippen LogP contribution in [0.25, 0.3) is 0 Å². The van der Waals surface area contributed by atoms with Gasteiger partial charge in [-0.1, -0.05) is 18.2 Å². The van der Waals surface area contributed by atoms with Crippen molar-refractivity contribution >= 4 is 22.7 Å². The van der Waals surface area contributed by atoms with E-state index in [0.29, 0.717) is 4.90 Å². The number of rotatable bonds is 6. The number of amides is 1. The highest BCUT2D eigenvalue weighted by atomic mass is 32.2. The molecule has 0 spiro atoms. The topological polar surface area (TPSA) is 72.5 Å². The van der Waals surface area contributed by atoms with E-state index >= 15 is 0 Å². The fourth-order valence-corrected chi connectivity index (χ4v) is 2.70. The minimum absolute atomic E-state index is 0.272. The van der Waals surface area contributed by atoms with Gasteiger partial charge in [0.05, 0.1) is 17.9 Å². The van der Waals surface area contributed by atoms with Crippen LogP contribution in [-0.2, 0) is 25.1 Å². The van der Waals surface area contributed by atoms with Crippen molar-refractivity contribution in [3.8, 4) is 0 Å². The molecule has 0 saturated heterocycles. The molecule has 2 atom stereocenters.